The van der Waals surface area contributed by atoms with Gasteiger partial charge in [0.05, 0.1) is 10.5 Å². The van der Waals surface area contributed by atoms with Crippen LogP contribution in [0.3, 0.4) is 0 Å². The maximum absolute atomic E-state index is 12.9. The first kappa shape index (κ1) is 17.5. The second-order valence-corrected chi connectivity index (χ2v) is 6.82. The summed E-state index contributed by atoms with van der Waals surface area (Å²) in [6.07, 6.45) is -5.80. The Balaban J connectivity index is 2.17. The maximum atomic E-state index is 12.9. The number of likely N-dealkylation sites (tertiary alicyclic amines) is 1. The van der Waals surface area contributed by atoms with E-state index in [9.17, 15) is 31.5 Å². The molecule has 0 saturated carbocycles. The molecule has 1 fully saturated rings. The molecular weight excluding hydrogens is 337 g/mol. The molecule has 0 bridgehead atoms. The fraction of sp³-hybridized carbons (Fsp3) is 0.462. The number of carboxylic acid groups (broad SMARTS) is 1. The van der Waals surface area contributed by atoms with Gasteiger partial charge in [-0.2, -0.15) is 13.2 Å². The Morgan fingerprint density at radius 1 is 1.22 bits per heavy atom. The molecule has 0 aromatic heterocycles. The second kappa shape index (κ2) is 6.36. The smallest absolute Gasteiger partial charge is 0.417 e. The van der Waals surface area contributed by atoms with Gasteiger partial charge in [-0.3, -0.25) is 0 Å². The number of nitrogens with zero attached hydrogens (tertiary/aromatic N) is 1. The summed E-state index contributed by atoms with van der Waals surface area (Å²) >= 11 is 0. The lowest BCUT2D eigenvalue weighted by Gasteiger charge is -2.33. The Morgan fingerprint density at radius 2 is 1.78 bits per heavy atom. The summed E-state index contributed by atoms with van der Waals surface area (Å²) in [6, 6.07) is 3.29. The maximum Gasteiger partial charge on any atom is 0.417 e. The van der Waals surface area contributed by atoms with Crippen LogP contribution in [0.5, 0.6) is 0 Å². The van der Waals surface area contributed by atoms with Crippen molar-refractivity contribution in [3.63, 3.8) is 0 Å². The topological polar surface area (TPSA) is 89.5 Å². The van der Waals surface area contributed by atoms with E-state index in [-0.39, 0.29) is 25.9 Å². The van der Waals surface area contributed by atoms with Gasteiger partial charge in [-0.1, -0.05) is 12.1 Å². The van der Waals surface area contributed by atoms with E-state index in [2.05, 4.69) is 4.72 Å². The zero-order valence-corrected chi connectivity index (χ0v) is 12.7. The summed E-state index contributed by atoms with van der Waals surface area (Å²) in [5.74, 6) is 0. The number of hydrogen-bond donors (Lipinski definition) is 1. The molecule has 128 valence electrons. The monoisotopic (exact) mass is 351 g/mol. The molecule has 2 rings (SSSR count). The third-order valence-corrected chi connectivity index (χ3v) is 5.14. The highest BCUT2D eigenvalue weighted by atomic mass is 32.2. The minimum absolute atomic E-state index is 0.0659. The summed E-state index contributed by atoms with van der Waals surface area (Å²) in [5, 5.41) is 10.7. The highest BCUT2D eigenvalue weighted by molar-refractivity contribution is 7.89. The Bertz CT molecular complexity index is 683. The van der Waals surface area contributed by atoms with Gasteiger partial charge in [0.1, 0.15) is 6.09 Å². The summed E-state index contributed by atoms with van der Waals surface area (Å²) in [5.41, 5.74) is -1.24. The van der Waals surface area contributed by atoms with Crippen LogP contribution in [0, 0.1) is 0 Å². The molecule has 0 aliphatic carbocycles. The van der Waals surface area contributed by atoms with Crippen molar-refractivity contribution in [3.8, 4) is 0 Å². The number of carbonyl (C=O) groups excluding carboxylic acids is 1. The second-order valence-electron chi connectivity index (χ2n) is 5.14. The quantitative estimate of drug-likeness (QED) is 0.872. The van der Waals surface area contributed by atoms with Gasteiger partial charge in [-0.05, 0) is 25.0 Å². The van der Waals surface area contributed by atoms with E-state index in [1.165, 1.54) is 6.07 Å². The number of nitrogens with one attached hydrogen (secondary N) is 1. The lowest BCUT2D eigenvalue weighted by atomic mass is 10.1. The molecule has 1 amide bonds. The highest BCUT2D eigenvalue weighted by Crippen LogP contribution is 2.34. The lowest BCUT2D eigenvalue weighted by Crippen LogP contribution is -2.50. The summed E-state index contributed by atoms with van der Waals surface area (Å²) in [4.78, 5) is 10.9. The molecule has 1 aromatic rings. The van der Waals surface area contributed by atoms with Crippen LogP contribution >= 0.6 is 0 Å². The molecule has 10 heteroatoms. The average Bonchev–Trinajstić information content (AvgIpc) is 2.46. The molecule has 0 radical (unpaired) electrons. The number of benzene rings is 1. The van der Waals surface area contributed by atoms with Crippen LogP contribution in [-0.4, -0.2) is 38.5 Å². The number of alkyl halides is 3. The number of rotatable bonds is 3. The third-order valence-electron chi connectivity index (χ3n) is 3.56. The first-order valence-electron chi connectivity index (χ1n) is 6.76. The van der Waals surface area contributed by atoms with Crippen molar-refractivity contribution in [2.45, 2.75) is 30.0 Å². The minimum atomic E-state index is -4.79. The largest absolute Gasteiger partial charge is 0.530 e. The van der Waals surface area contributed by atoms with E-state index in [1.807, 2.05) is 0 Å². The molecule has 1 aromatic carbocycles. The first-order chi connectivity index (χ1) is 10.6. The Labute approximate surface area is 131 Å². The standard InChI is InChI=1S/C13H15F3N2O4S/c14-13(15,16)10-3-1-2-4-11(10)23(21,22)17-9-5-7-18(8-6-9)12(19)20/h1-4,9,17H,5-8H2,(H,19,20)/p-1. The van der Waals surface area contributed by atoms with Gasteiger partial charge in [-0.25, -0.2) is 13.1 Å². The number of halogens is 3. The fourth-order valence-electron chi connectivity index (χ4n) is 2.40. The van der Waals surface area contributed by atoms with E-state index < -0.39 is 38.8 Å². The van der Waals surface area contributed by atoms with Crippen LogP contribution < -0.4 is 9.83 Å². The van der Waals surface area contributed by atoms with E-state index >= 15 is 0 Å². The van der Waals surface area contributed by atoms with Gasteiger partial charge in [0.25, 0.3) is 0 Å². The summed E-state index contributed by atoms with van der Waals surface area (Å²) in [6.45, 7) is 0.132. The van der Waals surface area contributed by atoms with Crippen molar-refractivity contribution in [2.75, 3.05) is 13.1 Å². The Kier molecular flexibility index (Phi) is 4.85. The van der Waals surface area contributed by atoms with Crippen LogP contribution in [0.2, 0.25) is 0 Å². The van der Waals surface area contributed by atoms with E-state index in [0.717, 1.165) is 17.0 Å². The zero-order chi connectivity index (χ0) is 17.3. The predicted octanol–water partition coefficient (Wildman–Crippen LogP) is 0.791. The van der Waals surface area contributed by atoms with Crippen molar-refractivity contribution in [1.82, 2.24) is 9.62 Å². The molecule has 0 spiro atoms. The number of sulfonamides is 1. The van der Waals surface area contributed by atoms with Crippen LogP contribution in [0.25, 0.3) is 0 Å². The molecule has 6 nitrogen and oxygen atoms in total. The van der Waals surface area contributed by atoms with Crippen molar-refractivity contribution < 1.29 is 31.5 Å². The Morgan fingerprint density at radius 3 is 2.30 bits per heavy atom. The van der Waals surface area contributed by atoms with Crippen molar-refractivity contribution in [3.05, 3.63) is 29.8 Å². The van der Waals surface area contributed by atoms with Gasteiger partial charge in [0.15, 0.2) is 0 Å². The number of carbonyl (C=O) groups is 1. The van der Waals surface area contributed by atoms with Gasteiger partial charge >= 0.3 is 6.18 Å². The number of hydrogen-bond acceptors (Lipinski definition) is 4. The zero-order valence-electron chi connectivity index (χ0n) is 11.8. The highest BCUT2D eigenvalue weighted by Gasteiger charge is 2.37. The molecule has 1 aliphatic heterocycles. The van der Waals surface area contributed by atoms with Gasteiger partial charge in [-0.15, -0.1) is 0 Å². The molecule has 1 N–H and O–H groups in total. The molecule has 1 heterocycles. The first-order valence-corrected chi connectivity index (χ1v) is 8.24. The summed E-state index contributed by atoms with van der Waals surface area (Å²) in [7, 11) is -4.36. The van der Waals surface area contributed by atoms with Crippen LogP contribution in [0.1, 0.15) is 18.4 Å². The number of piperidine rings is 1. The van der Waals surface area contributed by atoms with Crippen LogP contribution in [0.4, 0.5) is 18.0 Å². The predicted molar refractivity (Wildman–Crippen MR) is 71.8 cm³/mol. The summed E-state index contributed by atoms with van der Waals surface area (Å²) < 4.78 is 65.5. The van der Waals surface area contributed by atoms with Gasteiger partial charge in [0.2, 0.25) is 10.0 Å². The van der Waals surface area contributed by atoms with Crippen LogP contribution in [0.15, 0.2) is 29.2 Å². The van der Waals surface area contributed by atoms with Crippen molar-refractivity contribution in [2.24, 2.45) is 0 Å². The SMILES string of the molecule is O=C([O-])N1CCC(NS(=O)(=O)c2ccccc2C(F)(F)F)CC1. The van der Waals surface area contributed by atoms with Gasteiger partial charge < -0.3 is 14.8 Å². The normalized spacial score (nSPS) is 17.3. The molecule has 0 unspecified atom stereocenters. The van der Waals surface area contributed by atoms with E-state index in [4.69, 9.17) is 0 Å². The van der Waals surface area contributed by atoms with E-state index in [0.29, 0.717) is 6.07 Å². The third kappa shape index (κ3) is 4.14. The lowest BCUT2D eigenvalue weighted by molar-refractivity contribution is -0.266. The minimum Gasteiger partial charge on any atom is -0.530 e. The van der Waals surface area contributed by atoms with Gasteiger partial charge in [0, 0.05) is 19.1 Å². The molecule has 1 aliphatic rings. The molecular formula is C13H14F3N2O4S-. The van der Waals surface area contributed by atoms with Crippen LogP contribution in [-0.2, 0) is 16.2 Å². The van der Waals surface area contributed by atoms with E-state index in [1.54, 1.807) is 0 Å². The molecule has 1 saturated heterocycles. The molecule has 23 heavy (non-hydrogen) atoms. The average molecular weight is 351 g/mol. The fourth-order valence-corrected chi connectivity index (χ4v) is 3.93. The number of amides is 1. The van der Waals surface area contributed by atoms with Crippen molar-refractivity contribution >= 4 is 16.1 Å². The Hall–Kier alpha value is -1.81. The molecule has 0 atom stereocenters. The van der Waals surface area contributed by atoms with Crippen molar-refractivity contribution in [1.29, 1.82) is 0 Å².